The second kappa shape index (κ2) is 6.78. The highest BCUT2D eigenvalue weighted by molar-refractivity contribution is 7.89. The molecule has 0 saturated heterocycles. The average Bonchev–Trinajstić information content (AvgIpc) is 3.00. The van der Waals surface area contributed by atoms with Crippen LogP contribution >= 0.6 is 0 Å². The highest BCUT2D eigenvalue weighted by atomic mass is 32.2. The van der Waals surface area contributed by atoms with Gasteiger partial charge in [0.1, 0.15) is 0 Å². The van der Waals surface area contributed by atoms with Crippen LogP contribution in [0.1, 0.15) is 17.3 Å². The smallest absolute Gasteiger partial charge is 0.255 e. The maximum atomic E-state index is 12.5. The van der Waals surface area contributed by atoms with Crippen molar-refractivity contribution in [1.29, 1.82) is 0 Å². The highest BCUT2D eigenvalue weighted by Gasteiger charge is 2.13. The highest BCUT2D eigenvalue weighted by Crippen LogP contribution is 2.31. The predicted molar refractivity (Wildman–Crippen MR) is 111 cm³/mol. The molecule has 28 heavy (non-hydrogen) atoms. The number of hydrogen-bond donors (Lipinski definition) is 2. The van der Waals surface area contributed by atoms with Crippen LogP contribution in [0.15, 0.2) is 71.6 Å². The number of fused-ring (bicyclic) bond motifs is 3. The van der Waals surface area contributed by atoms with Crippen LogP contribution in [0, 0.1) is 0 Å². The van der Waals surface area contributed by atoms with Crippen molar-refractivity contribution >= 4 is 43.4 Å². The number of benzene rings is 3. The Bertz CT molecular complexity index is 1310. The second-order valence-electron chi connectivity index (χ2n) is 6.52. The van der Waals surface area contributed by atoms with E-state index < -0.39 is 10.0 Å². The third-order valence-corrected chi connectivity index (χ3v) is 5.72. The number of nitrogens with one attached hydrogen (secondary N) is 1. The maximum Gasteiger partial charge on any atom is 0.255 e. The van der Waals surface area contributed by atoms with E-state index in [4.69, 9.17) is 5.14 Å². The van der Waals surface area contributed by atoms with E-state index in [0.29, 0.717) is 11.3 Å². The zero-order chi connectivity index (χ0) is 19.9. The van der Waals surface area contributed by atoms with Crippen LogP contribution < -0.4 is 10.5 Å². The molecule has 0 spiro atoms. The fourth-order valence-corrected chi connectivity index (χ4v) is 3.99. The lowest BCUT2D eigenvalue weighted by molar-refractivity contribution is 0.102. The molecule has 0 unspecified atom stereocenters. The van der Waals surface area contributed by atoms with Gasteiger partial charge in [-0.05, 0) is 55.5 Å². The summed E-state index contributed by atoms with van der Waals surface area (Å²) in [5.74, 6) is -0.320. The van der Waals surface area contributed by atoms with Gasteiger partial charge in [0.05, 0.1) is 4.90 Å². The number of rotatable bonds is 4. The Labute approximate surface area is 162 Å². The van der Waals surface area contributed by atoms with E-state index in [2.05, 4.69) is 28.9 Å². The molecule has 7 heteroatoms. The number of aromatic nitrogens is 1. The molecule has 6 nitrogen and oxygen atoms in total. The molecule has 0 aliphatic rings. The van der Waals surface area contributed by atoms with E-state index in [0.717, 1.165) is 28.4 Å². The number of sulfonamides is 1. The minimum Gasteiger partial charge on any atom is -0.341 e. The molecule has 3 aromatic carbocycles. The lowest BCUT2D eigenvalue weighted by Gasteiger charge is -2.07. The first-order valence-electron chi connectivity index (χ1n) is 8.83. The van der Waals surface area contributed by atoms with Gasteiger partial charge in [-0.3, -0.25) is 4.79 Å². The normalized spacial score (nSPS) is 11.8. The van der Waals surface area contributed by atoms with Crippen molar-refractivity contribution in [3.8, 4) is 0 Å². The van der Waals surface area contributed by atoms with Crippen molar-refractivity contribution in [2.45, 2.75) is 18.4 Å². The van der Waals surface area contributed by atoms with E-state index in [1.54, 1.807) is 0 Å². The van der Waals surface area contributed by atoms with Gasteiger partial charge in [-0.15, -0.1) is 0 Å². The van der Waals surface area contributed by atoms with Crippen molar-refractivity contribution < 1.29 is 13.2 Å². The maximum absolute atomic E-state index is 12.5. The van der Waals surface area contributed by atoms with Gasteiger partial charge in [-0.2, -0.15) is 0 Å². The molecule has 0 saturated carbocycles. The van der Waals surface area contributed by atoms with Crippen LogP contribution in [-0.4, -0.2) is 18.9 Å². The number of nitrogens with zero attached hydrogens (tertiary/aromatic N) is 1. The van der Waals surface area contributed by atoms with Gasteiger partial charge in [0, 0.05) is 39.6 Å². The molecule has 0 aliphatic carbocycles. The second-order valence-corrected chi connectivity index (χ2v) is 8.08. The van der Waals surface area contributed by atoms with Crippen LogP contribution in [0.25, 0.3) is 21.8 Å². The standard InChI is InChI=1S/C21H19N3O3S/c1-2-24-19-6-4-3-5-17(19)18-13-15(9-12-20(18)24)23-21(25)14-7-10-16(11-8-14)28(22,26)27/h3-13H,2H2,1H3,(H,23,25)(H2,22,26,27). The zero-order valence-electron chi connectivity index (χ0n) is 15.2. The molecular formula is C21H19N3O3S. The van der Waals surface area contributed by atoms with Crippen LogP contribution in [0.5, 0.6) is 0 Å². The van der Waals surface area contributed by atoms with Gasteiger partial charge in [-0.1, -0.05) is 18.2 Å². The summed E-state index contributed by atoms with van der Waals surface area (Å²) in [4.78, 5) is 12.5. The first-order chi connectivity index (χ1) is 13.4. The molecule has 142 valence electrons. The third-order valence-electron chi connectivity index (χ3n) is 4.79. The largest absolute Gasteiger partial charge is 0.341 e. The Morgan fingerprint density at radius 2 is 1.64 bits per heavy atom. The molecule has 0 radical (unpaired) electrons. The van der Waals surface area contributed by atoms with Crippen molar-refractivity contribution in [3.63, 3.8) is 0 Å². The van der Waals surface area contributed by atoms with Crippen LogP contribution in [0.3, 0.4) is 0 Å². The fraction of sp³-hybridized carbons (Fsp3) is 0.0952. The Morgan fingerprint density at radius 3 is 2.32 bits per heavy atom. The lowest BCUT2D eigenvalue weighted by Crippen LogP contribution is -2.14. The molecule has 0 fully saturated rings. The number of para-hydroxylation sites is 1. The summed E-state index contributed by atoms with van der Waals surface area (Å²) >= 11 is 0. The molecular weight excluding hydrogens is 374 g/mol. The molecule has 4 aromatic rings. The summed E-state index contributed by atoms with van der Waals surface area (Å²) < 4.78 is 24.9. The van der Waals surface area contributed by atoms with E-state index in [9.17, 15) is 13.2 Å². The monoisotopic (exact) mass is 393 g/mol. The molecule has 1 aromatic heterocycles. The molecule has 1 heterocycles. The number of carbonyl (C=O) groups is 1. The van der Waals surface area contributed by atoms with Gasteiger partial charge in [0.2, 0.25) is 10.0 Å². The average molecular weight is 393 g/mol. The van der Waals surface area contributed by atoms with Gasteiger partial charge < -0.3 is 9.88 Å². The Morgan fingerprint density at radius 1 is 0.964 bits per heavy atom. The van der Waals surface area contributed by atoms with Gasteiger partial charge in [-0.25, -0.2) is 13.6 Å². The summed E-state index contributed by atoms with van der Waals surface area (Å²) in [6.07, 6.45) is 0. The molecule has 0 atom stereocenters. The third kappa shape index (κ3) is 3.15. The number of nitrogens with two attached hydrogens (primary N) is 1. The van der Waals surface area contributed by atoms with E-state index >= 15 is 0 Å². The van der Waals surface area contributed by atoms with E-state index in [1.165, 1.54) is 24.3 Å². The summed E-state index contributed by atoms with van der Waals surface area (Å²) in [5, 5.41) is 10.2. The van der Waals surface area contributed by atoms with Crippen LogP contribution in [-0.2, 0) is 16.6 Å². The SMILES string of the molecule is CCn1c2ccccc2c2cc(NC(=O)c3ccc(S(N)(=O)=O)cc3)ccc21. The first kappa shape index (κ1) is 18.2. The van der Waals surface area contributed by atoms with Crippen molar-refractivity contribution in [2.24, 2.45) is 5.14 Å². The van der Waals surface area contributed by atoms with E-state index in [1.807, 2.05) is 30.3 Å². The van der Waals surface area contributed by atoms with Gasteiger partial charge in [0.15, 0.2) is 0 Å². The van der Waals surface area contributed by atoms with Gasteiger partial charge >= 0.3 is 0 Å². The van der Waals surface area contributed by atoms with Crippen molar-refractivity contribution in [1.82, 2.24) is 4.57 Å². The molecule has 0 bridgehead atoms. The quantitative estimate of drug-likeness (QED) is 0.553. The molecule has 4 rings (SSSR count). The fourth-order valence-electron chi connectivity index (χ4n) is 3.47. The number of hydrogen-bond acceptors (Lipinski definition) is 3. The Balaban J connectivity index is 1.68. The molecule has 1 amide bonds. The van der Waals surface area contributed by atoms with Gasteiger partial charge in [0.25, 0.3) is 5.91 Å². The zero-order valence-corrected chi connectivity index (χ0v) is 16.0. The number of amides is 1. The van der Waals surface area contributed by atoms with Crippen molar-refractivity contribution in [3.05, 3.63) is 72.3 Å². The topological polar surface area (TPSA) is 94.2 Å². The predicted octanol–water partition coefficient (Wildman–Crippen LogP) is 3.71. The lowest BCUT2D eigenvalue weighted by atomic mass is 10.1. The summed E-state index contributed by atoms with van der Waals surface area (Å²) in [6, 6.07) is 19.5. The number of carbonyl (C=O) groups excluding carboxylic acids is 1. The summed E-state index contributed by atoms with van der Waals surface area (Å²) in [6.45, 7) is 2.96. The number of anilines is 1. The van der Waals surface area contributed by atoms with Crippen LogP contribution in [0.2, 0.25) is 0 Å². The Hall–Kier alpha value is -3.16. The molecule has 0 aliphatic heterocycles. The minimum atomic E-state index is -3.78. The number of primary sulfonamides is 1. The Kier molecular flexibility index (Phi) is 4.41. The number of aryl methyl sites for hydroxylation is 1. The van der Waals surface area contributed by atoms with E-state index in [-0.39, 0.29) is 10.8 Å². The van der Waals surface area contributed by atoms with Crippen LogP contribution in [0.4, 0.5) is 5.69 Å². The summed E-state index contributed by atoms with van der Waals surface area (Å²) in [5.41, 5.74) is 3.29. The minimum absolute atomic E-state index is 0.0298. The first-order valence-corrected chi connectivity index (χ1v) is 10.4. The van der Waals surface area contributed by atoms with Crippen molar-refractivity contribution in [2.75, 3.05) is 5.32 Å². The molecule has 3 N–H and O–H groups in total. The summed E-state index contributed by atoms with van der Waals surface area (Å²) in [7, 11) is -3.78.